The first-order valence-corrected chi connectivity index (χ1v) is 6.03. The van der Waals surface area contributed by atoms with Gasteiger partial charge in [-0.3, -0.25) is 0 Å². The minimum atomic E-state index is 0.297. The van der Waals surface area contributed by atoms with Crippen LogP contribution in [0.15, 0.2) is 0 Å². The molecule has 0 radical (unpaired) electrons. The monoisotopic (exact) mass is 201 g/mol. The lowest BCUT2D eigenvalue weighted by Gasteiger charge is -2.21. The van der Waals surface area contributed by atoms with Crippen molar-refractivity contribution < 1.29 is 5.11 Å². The van der Waals surface area contributed by atoms with E-state index in [1.165, 1.54) is 25.7 Å². The molecule has 0 saturated carbocycles. The van der Waals surface area contributed by atoms with Gasteiger partial charge < -0.3 is 10.0 Å². The predicted molar refractivity (Wildman–Crippen MR) is 62.5 cm³/mol. The van der Waals surface area contributed by atoms with Crippen molar-refractivity contribution >= 4 is 0 Å². The van der Waals surface area contributed by atoms with Crippen LogP contribution in [0.5, 0.6) is 0 Å². The zero-order valence-electron chi connectivity index (χ0n) is 10.1. The van der Waals surface area contributed by atoms with Crippen LogP contribution >= 0.6 is 0 Å². The van der Waals surface area contributed by atoms with Crippen molar-refractivity contribution in [1.82, 2.24) is 4.90 Å². The molecule has 14 heavy (non-hydrogen) atoms. The molecule has 0 bridgehead atoms. The SMILES string of the molecule is CCCCN(CCO)CCCC(C)C. The number of hydrogen-bond acceptors (Lipinski definition) is 2. The minimum absolute atomic E-state index is 0.297. The third kappa shape index (κ3) is 8.52. The van der Waals surface area contributed by atoms with Crippen LogP contribution in [0.3, 0.4) is 0 Å². The Labute approximate surface area is 89.3 Å². The standard InChI is InChI=1S/C12H27NO/c1-4-5-8-13(10-11-14)9-6-7-12(2)3/h12,14H,4-11H2,1-3H3. The Morgan fingerprint density at radius 2 is 1.71 bits per heavy atom. The van der Waals surface area contributed by atoms with E-state index in [4.69, 9.17) is 5.11 Å². The molecule has 0 unspecified atom stereocenters. The van der Waals surface area contributed by atoms with Crippen molar-refractivity contribution in [2.45, 2.75) is 46.5 Å². The van der Waals surface area contributed by atoms with Crippen LogP contribution in [0, 0.1) is 5.92 Å². The predicted octanol–water partition coefficient (Wildman–Crippen LogP) is 2.52. The Morgan fingerprint density at radius 3 is 2.21 bits per heavy atom. The molecule has 0 aromatic carbocycles. The van der Waals surface area contributed by atoms with E-state index in [-0.39, 0.29) is 0 Å². The van der Waals surface area contributed by atoms with Gasteiger partial charge in [-0.25, -0.2) is 0 Å². The van der Waals surface area contributed by atoms with Crippen molar-refractivity contribution in [1.29, 1.82) is 0 Å². The summed E-state index contributed by atoms with van der Waals surface area (Å²) in [4.78, 5) is 2.38. The lowest BCUT2D eigenvalue weighted by atomic mass is 10.1. The van der Waals surface area contributed by atoms with Gasteiger partial charge in [-0.05, 0) is 38.3 Å². The van der Waals surface area contributed by atoms with Gasteiger partial charge in [0.25, 0.3) is 0 Å². The van der Waals surface area contributed by atoms with Gasteiger partial charge in [0, 0.05) is 6.54 Å². The molecule has 0 aromatic rings. The summed E-state index contributed by atoms with van der Waals surface area (Å²) in [6.45, 7) is 10.2. The number of aliphatic hydroxyl groups excluding tert-OH is 1. The van der Waals surface area contributed by atoms with E-state index in [9.17, 15) is 0 Å². The van der Waals surface area contributed by atoms with Gasteiger partial charge in [0.15, 0.2) is 0 Å². The molecule has 0 aromatic heterocycles. The first-order chi connectivity index (χ1) is 6.70. The molecule has 86 valence electrons. The van der Waals surface area contributed by atoms with Crippen LogP contribution in [-0.2, 0) is 0 Å². The lowest BCUT2D eigenvalue weighted by Crippen LogP contribution is -2.29. The van der Waals surface area contributed by atoms with Crippen molar-refractivity contribution in [3.63, 3.8) is 0 Å². The summed E-state index contributed by atoms with van der Waals surface area (Å²) in [7, 11) is 0. The van der Waals surface area contributed by atoms with Crippen molar-refractivity contribution in [2.75, 3.05) is 26.2 Å². The van der Waals surface area contributed by atoms with Crippen LogP contribution in [0.2, 0.25) is 0 Å². The number of nitrogens with zero attached hydrogens (tertiary/aromatic N) is 1. The average Bonchev–Trinajstić information content (AvgIpc) is 2.13. The molecule has 0 aliphatic carbocycles. The van der Waals surface area contributed by atoms with Gasteiger partial charge in [0.1, 0.15) is 0 Å². The molecular weight excluding hydrogens is 174 g/mol. The number of rotatable bonds is 9. The molecule has 0 atom stereocenters. The fraction of sp³-hybridized carbons (Fsp3) is 1.00. The Hall–Kier alpha value is -0.0800. The molecule has 0 amide bonds. The van der Waals surface area contributed by atoms with E-state index >= 15 is 0 Å². The molecule has 0 fully saturated rings. The van der Waals surface area contributed by atoms with Crippen LogP contribution in [0.25, 0.3) is 0 Å². The van der Waals surface area contributed by atoms with Gasteiger partial charge in [0.05, 0.1) is 6.61 Å². The molecule has 2 heteroatoms. The van der Waals surface area contributed by atoms with Crippen molar-refractivity contribution in [3.05, 3.63) is 0 Å². The summed E-state index contributed by atoms with van der Waals surface area (Å²) < 4.78 is 0. The van der Waals surface area contributed by atoms with Crippen LogP contribution < -0.4 is 0 Å². The Balaban J connectivity index is 3.50. The smallest absolute Gasteiger partial charge is 0.0558 e. The summed E-state index contributed by atoms with van der Waals surface area (Å²) in [6.07, 6.45) is 5.06. The molecule has 0 rings (SSSR count). The Kier molecular flexibility index (Phi) is 9.42. The molecule has 0 spiro atoms. The number of hydrogen-bond donors (Lipinski definition) is 1. The highest BCUT2D eigenvalue weighted by atomic mass is 16.3. The zero-order valence-corrected chi connectivity index (χ0v) is 10.1. The van der Waals surface area contributed by atoms with Gasteiger partial charge in [-0.1, -0.05) is 27.2 Å². The van der Waals surface area contributed by atoms with E-state index < -0.39 is 0 Å². The topological polar surface area (TPSA) is 23.5 Å². The molecule has 0 aliphatic heterocycles. The maximum atomic E-state index is 8.90. The highest BCUT2D eigenvalue weighted by molar-refractivity contribution is 4.58. The molecule has 0 heterocycles. The lowest BCUT2D eigenvalue weighted by molar-refractivity contribution is 0.190. The fourth-order valence-electron chi connectivity index (χ4n) is 1.58. The molecule has 2 nitrogen and oxygen atoms in total. The van der Waals surface area contributed by atoms with Crippen molar-refractivity contribution in [2.24, 2.45) is 5.92 Å². The van der Waals surface area contributed by atoms with E-state index in [1.807, 2.05) is 0 Å². The number of unbranched alkanes of at least 4 members (excludes halogenated alkanes) is 1. The van der Waals surface area contributed by atoms with Gasteiger partial charge >= 0.3 is 0 Å². The quantitative estimate of drug-likeness (QED) is 0.619. The molecular formula is C12H27NO. The van der Waals surface area contributed by atoms with Crippen LogP contribution in [0.4, 0.5) is 0 Å². The first kappa shape index (κ1) is 13.9. The second-order valence-corrected chi connectivity index (χ2v) is 4.45. The summed E-state index contributed by atoms with van der Waals surface area (Å²) in [6, 6.07) is 0. The Morgan fingerprint density at radius 1 is 1.07 bits per heavy atom. The largest absolute Gasteiger partial charge is 0.395 e. The molecule has 0 aliphatic rings. The summed E-state index contributed by atoms with van der Waals surface area (Å²) >= 11 is 0. The molecule has 0 saturated heterocycles. The van der Waals surface area contributed by atoms with E-state index in [0.717, 1.165) is 25.6 Å². The highest BCUT2D eigenvalue weighted by Gasteiger charge is 2.03. The van der Waals surface area contributed by atoms with E-state index in [1.54, 1.807) is 0 Å². The van der Waals surface area contributed by atoms with Gasteiger partial charge in [0.2, 0.25) is 0 Å². The van der Waals surface area contributed by atoms with E-state index in [2.05, 4.69) is 25.7 Å². The van der Waals surface area contributed by atoms with Crippen LogP contribution in [-0.4, -0.2) is 36.2 Å². The third-order valence-electron chi connectivity index (χ3n) is 2.50. The maximum Gasteiger partial charge on any atom is 0.0558 e. The van der Waals surface area contributed by atoms with Crippen LogP contribution in [0.1, 0.15) is 46.5 Å². The zero-order chi connectivity index (χ0) is 10.8. The summed E-state index contributed by atoms with van der Waals surface area (Å²) in [5, 5.41) is 8.90. The summed E-state index contributed by atoms with van der Waals surface area (Å²) in [5.41, 5.74) is 0. The normalized spacial score (nSPS) is 11.6. The van der Waals surface area contributed by atoms with Crippen molar-refractivity contribution in [3.8, 4) is 0 Å². The number of aliphatic hydroxyl groups is 1. The molecule has 1 N–H and O–H groups in total. The third-order valence-corrected chi connectivity index (χ3v) is 2.50. The second-order valence-electron chi connectivity index (χ2n) is 4.45. The van der Waals surface area contributed by atoms with E-state index in [0.29, 0.717) is 6.61 Å². The average molecular weight is 201 g/mol. The fourth-order valence-corrected chi connectivity index (χ4v) is 1.58. The second kappa shape index (κ2) is 9.47. The van der Waals surface area contributed by atoms with Gasteiger partial charge in [-0.2, -0.15) is 0 Å². The maximum absolute atomic E-state index is 8.90. The first-order valence-electron chi connectivity index (χ1n) is 6.03. The minimum Gasteiger partial charge on any atom is -0.395 e. The highest BCUT2D eigenvalue weighted by Crippen LogP contribution is 2.05. The van der Waals surface area contributed by atoms with Gasteiger partial charge in [-0.15, -0.1) is 0 Å². The summed E-state index contributed by atoms with van der Waals surface area (Å²) in [5.74, 6) is 0.803. The Bertz CT molecular complexity index is 115.